The van der Waals surface area contributed by atoms with Gasteiger partial charge in [-0.1, -0.05) is 6.07 Å². The summed E-state index contributed by atoms with van der Waals surface area (Å²) >= 11 is 0. The first kappa shape index (κ1) is 11.1. The second-order valence-corrected chi connectivity index (χ2v) is 2.97. The zero-order chi connectivity index (χ0) is 11.4. The standard InChI is InChI=1S/C10H11NO4/c11-5-7(10(14)15)3-6-1-2-8(12)9(13)4-6/h1-4,12-13H,5,11H2,(H,14,15)/p+1/b7-3+. The average Bonchev–Trinajstić information content (AvgIpc) is 2.19. The van der Waals surface area contributed by atoms with Crippen LogP contribution in [0.15, 0.2) is 23.8 Å². The minimum Gasteiger partial charge on any atom is -0.504 e. The molecule has 0 aliphatic carbocycles. The number of carboxylic acid groups (broad SMARTS) is 1. The van der Waals surface area contributed by atoms with E-state index < -0.39 is 5.97 Å². The van der Waals surface area contributed by atoms with Gasteiger partial charge in [-0.2, -0.15) is 0 Å². The third-order valence-corrected chi connectivity index (χ3v) is 1.88. The Labute approximate surface area is 86.1 Å². The van der Waals surface area contributed by atoms with Gasteiger partial charge < -0.3 is 21.1 Å². The Morgan fingerprint density at radius 1 is 1.33 bits per heavy atom. The Hall–Kier alpha value is -2.01. The van der Waals surface area contributed by atoms with Gasteiger partial charge in [0.25, 0.3) is 0 Å². The second-order valence-electron chi connectivity index (χ2n) is 2.97. The molecule has 0 heterocycles. The van der Waals surface area contributed by atoms with Crippen molar-refractivity contribution >= 4 is 12.0 Å². The molecule has 0 bridgehead atoms. The molecule has 6 N–H and O–H groups in total. The van der Waals surface area contributed by atoms with Gasteiger partial charge in [-0.3, -0.25) is 0 Å². The molecule has 15 heavy (non-hydrogen) atoms. The van der Waals surface area contributed by atoms with Gasteiger partial charge in [0.1, 0.15) is 6.54 Å². The summed E-state index contributed by atoms with van der Waals surface area (Å²) in [6.07, 6.45) is 1.40. The van der Waals surface area contributed by atoms with E-state index in [1.165, 1.54) is 24.3 Å². The highest BCUT2D eigenvalue weighted by Crippen LogP contribution is 2.25. The zero-order valence-corrected chi connectivity index (χ0v) is 7.97. The molecule has 0 atom stereocenters. The fourth-order valence-electron chi connectivity index (χ4n) is 1.07. The van der Waals surface area contributed by atoms with E-state index in [2.05, 4.69) is 5.73 Å². The normalized spacial score (nSPS) is 11.4. The first-order chi connectivity index (χ1) is 7.04. The fourth-order valence-corrected chi connectivity index (χ4v) is 1.07. The van der Waals surface area contributed by atoms with Crippen molar-refractivity contribution in [1.82, 2.24) is 0 Å². The molecule has 80 valence electrons. The van der Waals surface area contributed by atoms with Crippen molar-refractivity contribution in [3.63, 3.8) is 0 Å². The number of phenols is 2. The predicted octanol–water partition coefficient (Wildman–Crippen LogP) is -0.192. The summed E-state index contributed by atoms with van der Waals surface area (Å²) in [6.45, 7) is 0.150. The van der Waals surface area contributed by atoms with Gasteiger partial charge in [0.05, 0.1) is 5.57 Å². The summed E-state index contributed by atoms with van der Waals surface area (Å²) in [7, 11) is 0. The quantitative estimate of drug-likeness (QED) is 0.409. The zero-order valence-electron chi connectivity index (χ0n) is 7.97. The molecular weight excluding hydrogens is 198 g/mol. The van der Waals surface area contributed by atoms with Gasteiger partial charge in [0.2, 0.25) is 0 Å². The molecule has 0 unspecified atom stereocenters. The molecule has 5 heteroatoms. The first-order valence-corrected chi connectivity index (χ1v) is 4.29. The summed E-state index contributed by atoms with van der Waals surface area (Å²) in [6, 6.07) is 4.09. The number of carbonyl (C=O) groups is 1. The van der Waals surface area contributed by atoms with E-state index in [0.717, 1.165) is 0 Å². The summed E-state index contributed by atoms with van der Waals surface area (Å²) in [4.78, 5) is 10.7. The Bertz CT molecular complexity index is 412. The molecule has 1 rings (SSSR count). The molecule has 0 saturated heterocycles. The van der Waals surface area contributed by atoms with Crippen LogP contribution in [0.3, 0.4) is 0 Å². The summed E-state index contributed by atoms with van der Waals surface area (Å²) in [5, 5.41) is 27.0. The van der Waals surface area contributed by atoms with Crippen LogP contribution in [0, 0.1) is 0 Å². The summed E-state index contributed by atoms with van der Waals surface area (Å²) in [5.41, 5.74) is 4.13. The number of carboxylic acids is 1. The van der Waals surface area contributed by atoms with Crippen LogP contribution in [-0.4, -0.2) is 27.8 Å². The molecule has 0 aliphatic heterocycles. The largest absolute Gasteiger partial charge is 0.504 e. The van der Waals surface area contributed by atoms with Crippen LogP contribution in [0.4, 0.5) is 0 Å². The van der Waals surface area contributed by atoms with Crippen molar-refractivity contribution in [2.45, 2.75) is 0 Å². The van der Waals surface area contributed by atoms with Crippen molar-refractivity contribution < 1.29 is 25.8 Å². The SMILES string of the molecule is [NH3+]C/C(=C\c1ccc(O)c(O)c1)C(=O)O. The lowest BCUT2D eigenvalue weighted by molar-refractivity contribution is -0.355. The predicted molar refractivity (Wildman–Crippen MR) is 53.1 cm³/mol. The van der Waals surface area contributed by atoms with Crippen molar-refractivity contribution in [2.24, 2.45) is 0 Å². The van der Waals surface area contributed by atoms with Crippen molar-refractivity contribution in [2.75, 3.05) is 6.54 Å². The highest BCUT2D eigenvalue weighted by atomic mass is 16.4. The van der Waals surface area contributed by atoms with Crippen molar-refractivity contribution in [1.29, 1.82) is 0 Å². The number of aromatic hydroxyl groups is 2. The highest BCUT2D eigenvalue weighted by Gasteiger charge is 2.07. The number of hydrogen-bond acceptors (Lipinski definition) is 3. The van der Waals surface area contributed by atoms with E-state index >= 15 is 0 Å². The lowest BCUT2D eigenvalue weighted by atomic mass is 10.1. The number of quaternary nitrogens is 1. The summed E-state index contributed by atoms with van der Waals surface area (Å²) < 4.78 is 0. The van der Waals surface area contributed by atoms with Gasteiger partial charge in [-0.25, -0.2) is 4.79 Å². The Morgan fingerprint density at radius 3 is 2.47 bits per heavy atom. The molecule has 0 radical (unpaired) electrons. The lowest BCUT2D eigenvalue weighted by Crippen LogP contribution is -2.52. The van der Waals surface area contributed by atoms with E-state index in [-0.39, 0.29) is 23.6 Å². The maximum absolute atomic E-state index is 10.7. The fraction of sp³-hybridized carbons (Fsp3) is 0.100. The van der Waals surface area contributed by atoms with Crippen LogP contribution in [0.5, 0.6) is 11.5 Å². The van der Waals surface area contributed by atoms with Gasteiger partial charge in [-0.15, -0.1) is 0 Å². The van der Waals surface area contributed by atoms with Crippen LogP contribution < -0.4 is 5.73 Å². The van der Waals surface area contributed by atoms with E-state index in [1.54, 1.807) is 0 Å². The van der Waals surface area contributed by atoms with E-state index in [0.29, 0.717) is 5.56 Å². The third-order valence-electron chi connectivity index (χ3n) is 1.88. The molecule has 0 aliphatic rings. The molecule has 5 nitrogen and oxygen atoms in total. The number of phenolic OH excluding ortho intramolecular Hbond substituents is 2. The Kier molecular flexibility index (Phi) is 3.30. The smallest absolute Gasteiger partial charge is 0.337 e. The molecule has 0 aromatic heterocycles. The topological polar surface area (TPSA) is 105 Å². The Balaban J connectivity index is 3.07. The molecule has 0 fully saturated rings. The van der Waals surface area contributed by atoms with Crippen LogP contribution >= 0.6 is 0 Å². The number of aliphatic carboxylic acids is 1. The highest BCUT2D eigenvalue weighted by molar-refractivity contribution is 5.92. The number of benzene rings is 1. The maximum Gasteiger partial charge on any atom is 0.337 e. The van der Waals surface area contributed by atoms with Gasteiger partial charge in [0, 0.05) is 0 Å². The van der Waals surface area contributed by atoms with E-state index in [4.69, 9.17) is 10.2 Å². The number of rotatable bonds is 3. The second kappa shape index (κ2) is 4.47. The minimum atomic E-state index is -1.04. The first-order valence-electron chi connectivity index (χ1n) is 4.29. The van der Waals surface area contributed by atoms with Crippen molar-refractivity contribution in [3.8, 4) is 11.5 Å². The molecule has 0 spiro atoms. The van der Waals surface area contributed by atoms with Crippen LogP contribution in [0.25, 0.3) is 6.08 Å². The van der Waals surface area contributed by atoms with Crippen LogP contribution in [-0.2, 0) is 4.79 Å². The Morgan fingerprint density at radius 2 is 2.00 bits per heavy atom. The van der Waals surface area contributed by atoms with Crippen molar-refractivity contribution in [3.05, 3.63) is 29.3 Å². The van der Waals surface area contributed by atoms with Gasteiger partial charge in [0.15, 0.2) is 11.5 Å². The van der Waals surface area contributed by atoms with Gasteiger partial charge in [-0.05, 0) is 23.8 Å². The van der Waals surface area contributed by atoms with Gasteiger partial charge >= 0.3 is 5.97 Å². The van der Waals surface area contributed by atoms with E-state index in [9.17, 15) is 9.90 Å². The van der Waals surface area contributed by atoms with Crippen LogP contribution in [0.1, 0.15) is 5.56 Å². The number of hydrogen-bond donors (Lipinski definition) is 4. The lowest BCUT2D eigenvalue weighted by Gasteiger charge is -2.00. The van der Waals surface area contributed by atoms with Crippen LogP contribution in [0.2, 0.25) is 0 Å². The molecule has 0 saturated carbocycles. The molecular formula is C10H12NO4+. The van der Waals surface area contributed by atoms with E-state index in [1.807, 2.05) is 0 Å². The molecule has 0 amide bonds. The summed E-state index contributed by atoms with van der Waals surface area (Å²) in [5.74, 6) is -1.56. The average molecular weight is 210 g/mol. The minimum absolute atomic E-state index is 0.139. The third kappa shape index (κ3) is 2.72. The monoisotopic (exact) mass is 210 g/mol. The maximum atomic E-state index is 10.7. The molecule has 1 aromatic rings. The molecule has 1 aromatic carbocycles.